The molecule has 2 aromatic carbocycles. The lowest BCUT2D eigenvalue weighted by Crippen LogP contribution is -2.51. The van der Waals surface area contributed by atoms with Gasteiger partial charge in [0.25, 0.3) is 0 Å². The van der Waals surface area contributed by atoms with Gasteiger partial charge in [-0.2, -0.15) is 13.6 Å². The van der Waals surface area contributed by atoms with Gasteiger partial charge < -0.3 is 9.29 Å². The zero-order valence-corrected chi connectivity index (χ0v) is 20.9. The lowest BCUT2D eigenvalue weighted by molar-refractivity contribution is -0.102. The highest BCUT2D eigenvalue weighted by molar-refractivity contribution is 7.98. The lowest BCUT2D eigenvalue weighted by Gasteiger charge is -2.53. The molecule has 5 rings (SSSR count). The fourth-order valence-electron chi connectivity index (χ4n) is 7.26. The monoisotopic (exact) mass is 487 g/mol. The maximum absolute atomic E-state index is 11.9. The van der Waals surface area contributed by atoms with Crippen molar-refractivity contribution in [3.05, 3.63) is 59.2 Å². The number of hydrogen-bond acceptors (Lipinski definition) is 5. The number of nitrogens with two attached hydrogens (primary N) is 1. The summed E-state index contributed by atoms with van der Waals surface area (Å²) in [4.78, 5) is 0.809. The molecule has 178 valence electrons. The fourth-order valence-corrected chi connectivity index (χ4v) is 8.25. The second kappa shape index (κ2) is 8.29. The number of aryl methyl sites for hydroxylation is 1. The number of aliphatic hydroxyl groups is 1. The van der Waals surface area contributed by atoms with Crippen LogP contribution in [0.1, 0.15) is 61.6 Å². The minimum absolute atomic E-state index is 0.0828. The van der Waals surface area contributed by atoms with Crippen LogP contribution in [0.5, 0.6) is 5.75 Å². The Balaban J connectivity index is 1.45. The predicted molar refractivity (Wildman–Crippen MR) is 132 cm³/mol. The Morgan fingerprint density at radius 1 is 1.15 bits per heavy atom. The number of benzene rings is 2. The topological polar surface area (TPSA) is 89.6 Å². The summed E-state index contributed by atoms with van der Waals surface area (Å²) < 4.78 is 28.2. The molecule has 0 aliphatic heterocycles. The second-order valence-corrected chi connectivity index (χ2v) is 12.4. The summed E-state index contributed by atoms with van der Waals surface area (Å²) in [6, 6.07) is 14.4. The van der Waals surface area contributed by atoms with Crippen LogP contribution < -0.4 is 9.32 Å². The normalized spacial score (nSPS) is 33.2. The highest BCUT2D eigenvalue weighted by Gasteiger charge is 2.61. The number of thioether (sulfide) groups is 1. The van der Waals surface area contributed by atoms with Gasteiger partial charge in [0.1, 0.15) is 0 Å². The molecular weight excluding hydrogens is 454 g/mol. The first-order valence-corrected chi connectivity index (χ1v) is 14.5. The Hall–Kier alpha value is -1.54. The van der Waals surface area contributed by atoms with E-state index in [-0.39, 0.29) is 5.41 Å². The van der Waals surface area contributed by atoms with Crippen LogP contribution in [0.2, 0.25) is 0 Å². The van der Waals surface area contributed by atoms with Gasteiger partial charge in [0.05, 0.1) is 10.5 Å². The molecule has 5 atom stereocenters. The van der Waals surface area contributed by atoms with E-state index in [0.717, 1.165) is 49.8 Å². The molecule has 0 heterocycles. The van der Waals surface area contributed by atoms with Crippen molar-refractivity contribution in [2.24, 2.45) is 22.4 Å². The predicted octanol–water partition coefficient (Wildman–Crippen LogP) is 4.82. The van der Waals surface area contributed by atoms with E-state index in [4.69, 9.17) is 9.32 Å². The van der Waals surface area contributed by atoms with Crippen molar-refractivity contribution in [2.75, 3.05) is 6.26 Å². The molecule has 0 spiro atoms. The van der Waals surface area contributed by atoms with E-state index >= 15 is 0 Å². The van der Waals surface area contributed by atoms with E-state index in [0.29, 0.717) is 23.5 Å². The molecule has 3 N–H and O–H groups in total. The van der Waals surface area contributed by atoms with Crippen LogP contribution in [0.25, 0.3) is 0 Å². The van der Waals surface area contributed by atoms with Crippen molar-refractivity contribution in [2.45, 2.75) is 68.3 Å². The molecule has 0 saturated heterocycles. The van der Waals surface area contributed by atoms with Crippen LogP contribution >= 0.6 is 11.8 Å². The third-order valence-electron chi connectivity index (χ3n) is 8.88. The largest absolute Gasteiger partial charge is 0.389 e. The zero-order chi connectivity index (χ0) is 23.4. The van der Waals surface area contributed by atoms with Gasteiger partial charge in [0, 0.05) is 6.42 Å². The van der Waals surface area contributed by atoms with Gasteiger partial charge in [-0.05, 0) is 96.8 Å². The van der Waals surface area contributed by atoms with Crippen LogP contribution in [0.15, 0.2) is 47.4 Å². The van der Waals surface area contributed by atoms with E-state index in [1.54, 1.807) is 0 Å². The van der Waals surface area contributed by atoms with Crippen molar-refractivity contribution in [1.29, 1.82) is 0 Å². The Kier molecular flexibility index (Phi) is 5.83. The molecule has 33 heavy (non-hydrogen) atoms. The molecule has 2 saturated carbocycles. The summed E-state index contributed by atoms with van der Waals surface area (Å²) in [6.07, 6.45) is 8.59. The average Bonchev–Trinajstić information content (AvgIpc) is 3.03. The van der Waals surface area contributed by atoms with Crippen LogP contribution in [-0.2, 0) is 23.1 Å². The molecule has 0 bridgehead atoms. The van der Waals surface area contributed by atoms with E-state index in [1.165, 1.54) is 28.5 Å². The van der Waals surface area contributed by atoms with E-state index < -0.39 is 15.9 Å². The highest BCUT2D eigenvalue weighted by atomic mass is 32.2. The van der Waals surface area contributed by atoms with Gasteiger partial charge in [-0.15, -0.1) is 11.8 Å². The molecule has 0 radical (unpaired) electrons. The van der Waals surface area contributed by atoms with Gasteiger partial charge in [-0.25, -0.2) is 0 Å². The maximum Gasteiger partial charge on any atom is 0.380 e. The second-order valence-electron chi connectivity index (χ2n) is 10.4. The summed E-state index contributed by atoms with van der Waals surface area (Å²) in [6.45, 7) is 2.33. The van der Waals surface area contributed by atoms with E-state index in [9.17, 15) is 13.5 Å². The van der Waals surface area contributed by atoms with Crippen molar-refractivity contribution >= 4 is 22.1 Å². The summed E-state index contributed by atoms with van der Waals surface area (Å²) >= 11 is 1.48. The van der Waals surface area contributed by atoms with Gasteiger partial charge in [0.2, 0.25) is 0 Å². The van der Waals surface area contributed by atoms with Gasteiger partial charge in [-0.3, -0.25) is 0 Å². The molecule has 0 amide bonds. The minimum Gasteiger partial charge on any atom is -0.389 e. The molecule has 2 aromatic rings. The smallest absolute Gasteiger partial charge is 0.380 e. The molecule has 3 aliphatic carbocycles. The van der Waals surface area contributed by atoms with Crippen molar-refractivity contribution in [3.8, 4) is 5.75 Å². The van der Waals surface area contributed by atoms with Gasteiger partial charge in [0.15, 0.2) is 5.75 Å². The summed E-state index contributed by atoms with van der Waals surface area (Å²) in [5.41, 5.74) is 2.97. The third kappa shape index (κ3) is 4.01. The van der Waals surface area contributed by atoms with Gasteiger partial charge in [-0.1, -0.05) is 37.3 Å². The summed E-state index contributed by atoms with van der Waals surface area (Å²) in [5.74, 6) is 1.82. The van der Waals surface area contributed by atoms with Crippen LogP contribution in [0.3, 0.4) is 0 Å². The first kappa shape index (κ1) is 23.2. The third-order valence-corrected chi connectivity index (χ3v) is 10.0. The van der Waals surface area contributed by atoms with Crippen molar-refractivity contribution in [3.63, 3.8) is 0 Å². The van der Waals surface area contributed by atoms with Crippen LogP contribution in [0.4, 0.5) is 0 Å². The molecule has 0 aromatic heterocycles. The lowest BCUT2D eigenvalue weighted by atomic mass is 9.53. The van der Waals surface area contributed by atoms with Crippen molar-refractivity contribution < 1.29 is 17.7 Å². The number of hydrogen-bond donors (Lipinski definition) is 2. The summed E-state index contributed by atoms with van der Waals surface area (Å²) in [7, 11) is -4.06. The van der Waals surface area contributed by atoms with Crippen LogP contribution in [0, 0.1) is 17.3 Å². The Labute approximate surface area is 201 Å². The number of fused-ring (bicyclic) bond motifs is 5. The standard InChI is InChI=1S/C26H33NO4S2/c1-25-12-10-19-20(22(25)11-13-26(25,28)16-17-6-4-3-5-7-17)9-8-18-14-23(31-33(27,29)30)24(32-2)15-21(18)19/h3-7,14-15,19-20,22,28H,8-13,16H2,1-2H3,(H2,27,29,30)/t19?,20?,22?,25-,26+/m0/s1. The number of rotatable bonds is 5. The van der Waals surface area contributed by atoms with Crippen LogP contribution in [-0.4, -0.2) is 25.4 Å². The SMILES string of the molecule is CSc1cc2c(cc1OS(N)(=O)=O)CCC1C2CC[C@@]2(C)C1CC[C@@]2(O)Cc1ccccc1. The molecule has 7 heteroatoms. The fraction of sp³-hybridized carbons (Fsp3) is 0.538. The van der Waals surface area contributed by atoms with E-state index in [1.807, 2.05) is 18.4 Å². The van der Waals surface area contributed by atoms with Gasteiger partial charge >= 0.3 is 10.3 Å². The first-order chi connectivity index (χ1) is 15.6. The summed E-state index contributed by atoms with van der Waals surface area (Å²) in [5, 5.41) is 17.1. The average molecular weight is 488 g/mol. The molecular formula is C26H33NO4S2. The molecule has 3 unspecified atom stereocenters. The molecule has 2 fully saturated rings. The Bertz CT molecular complexity index is 1150. The Morgan fingerprint density at radius 3 is 2.61 bits per heavy atom. The highest BCUT2D eigenvalue weighted by Crippen LogP contribution is 2.65. The zero-order valence-electron chi connectivity index (χ0n) is 19.3. The Morgan fingerprint density at radius 2 is 1.91 bits per heavy atom. The first-order valence-electron chi connectivity index (χ1n) is 11.8. The molecule has 5 nitrogen and oxygen atoms in total. The quantitative estimate of drug-likeness (QED) is 0.590. The van der Waals surface area contributed by atoms with E-state index in [2.05, 4.69) is 37.3 Å². The minimum atomic E-state index is -4.06. The maximum atomic E-state index is 11.9. The van der Waals surface area contributed by atoms with Crippen molar-refractivity contribution in [1.82, 2.24) is 0 Å². The molecule has 3 aliphatic rings.